The fourth-order valence-electron chi connectivity index (χ4n) is 5.15. The van der Waals surface area contributed by atoms with Gasteiger partial charge in [0.25, 0.3) is 0 Å². The Morgan fingerprint density at radius 2 is 0.930 bits per heavy atom. The highest BCUT2D eigenvalue weighted by Gasteiger charge is 2.42. The first-order valence-electron chi connectivity index (χ1n) is 14.6. The Balaban J connectivity index is 0.000000145. The maximum atomic E-state index is 9.19. The summed E-state index contributed by atoms with van der Waals surface area (Å²) in [6, 6.07) is 0. The number of rotatable bonds is 0. The Morgan fingerprint density at radius 1 is 0.558 bits per heavy atom. The third-order valence-electron chi connectivity index (χ3n) is 7.48. The van der Waals surface area contributed by atoms with Gasteiger partial charge in [-0.15, -0.1) is 0 Å². The standard InChI is InChI=1S/3C6H10O3.C4H8O4.C4H6O.CH3PS/c3*7-5-3-9-6-4(5)1-2-8-6;5-3-1-7-4(6)2-8-3;1-2-4-5-3-1;1-2-3/h3*4-7H,1-3H2;3-6H,1-2H2;1,3H,2,4H2;1H3/t4-,5?,6+;2*4-,5-,6+;;;/m000.../s1. The fourth-order valence-corrected chi connectivity index (χ4v) is 5.15. The second kappa shape index (κ2) is 20.6. The summed E-state index contributed by atoms with van der Waals surface area (Å²) < 4.78 is 44.8. The molecule has 8 aliphatic rings. The predicted molar refractivity (Wildman–Crippen MR) is 153 cm³/mol. The van der Waals surface area contributed by atoms with Crippen LogP contribution in [-0.2, 0) is 54.4 Å². The van der Waals surface area contributed by atoms with E-state index >= 15 is 0 Å². The van der Waals surface area contributed by atoms with Gasteiger partial charge in [0, 0.05) is 24.2 Å². The lowest BCUT2D eigenvalue weighted by Gasteiger charge is -2.22. The highest BCUT2D eigenvalue weighted by atomic mass is 32.4. The normalized spacial score (nSPS) is 41.3. The molecule has 0 aliphatic carbocycles. The molecule has 0 aromatic heterocycles. The molecule has 14 nitrogen and oxygen atoms in total. The Bertz CT molecular complexity index is 708. The van der Waals surface area contributed by atoms with Crippen LogP contribution in [0.25, 0.3) is 0 Å². The van der Waals surface area contributed by atoms with Crippen LogP contribution in [0, 0.1) is 17.8 Å². The molecule has 8 heterocycles. The lowest BCUT2D eigenvalue weighted by Crippen LogP contribution is -2.34. The van der Waals surface area contributed by atoms with Gasteiger partial charge in [-0.25, -0.2) is 0 Å². The molecule has 0 bridgehead atoms. The van der Waals surface area contributed by atoms with Gasteiger partial charge in [-0.05, 0) is 39.4 Å². The molecular weight excluding hydrogens is 611 g/mol. The van der Waals surface area contributed by atoms with E-state index in [0.29, 0.717) is 19.8 Å². The molecule has 250 valence electrons. The molecular formula is C27H47O14PS. The van der Waals surface area contributed by atoms with Crippen molar-refractivity contribution in [3.8, 4) is 0 Å². The van der Waals surface area contributed by atoms with Gasteiger partial charge in [-0.1, -0.05) is 11.8 Å². The van der Waals surface area contributed by atoms with Gasteiger partial charge in [0.15, 0.2) is 31.5 Å². The lowest BCUT2D eigenvalue weighted by molar-refractivity contribution is -0.263. The molecule has 5 N–H and O–H groups in total. The Kier molecular flexibility index (Phi) is 17.7. The Hall–Kier alpha value is -0.460. The summed E-state index contributed by atoms with van der Waals surface area (Å²) in [5, 5.41) is 44.7. The smallest absolute Gasteiger partial charge is 0.178 e. The molecule has 8 aliphatic heterocycles. The van der Waals surface area contributed by atoms with Crippen molar-refractivity contribution in [2.75, 3.05) is 66.1 Å². The zero-order valence-corrected chi connectivity index (χ0v) is 26.2. The van der Waals surface area contributed by atoms with Gasteiger partial charge in [0.2, 0.25) is 0 Å². The van der Waals surface area contributed by atoms with Crippen LogP contribution < -0.4 is 0 Å². The van der Waals surface area contributed by atoms with Crippen LogP contribution in [0.2, 0.25) is 0 Å². The molecule has 0 spiro atoms. The molecule has 7 fully saturated rings. The van der Waals surface area contributed by atoms with Crippen molar-refractivity contribution in [1.82, 2.24) is 0 Å². The van der Waals surface area contributed by atoms with Gasteiger partial charge in [-0.3, -0.25) is 0 Å². The number of aliphatic hydroxyl groups excluding tert-OH is 5. The van der Waals surface area contributed by atoms with E-state index in [1.54, 1.807) is 6.26 Å². The van der Waals surface area contributed by atoms with Crippen molar-refractivity contribution >= 4 is 19.2 Å². The predicted octanol–water partition coefficient (Wildman–Crippen LogP) is -0.165. The van der Waals surface area contributed by atoms with Crippen LogP contribution in [0.3, 0.4) is 0 Å². The SMILES string of the molecule is C1=COCC1.CP=S.OC1COC(O)CO1.OC1CO[C@H]2OCC[C@@H]12.O[C@H]1CO[C@H]2OCC[C@H]21.O[C@H]1CO[C@H]2OCC[C@H]21. The van der Waals surface area contributed by atoms with Crippen molar-refractivity contribution < 1.29 is 68.2 Å². The van der Waals surface area contributed by atoms with E-state index in [1.807, 2.05) is 12.7 Å². The first kappa shape index (κ1) is 37.0. The van der Waals surface area contributed by atoms with Gasteiger partial charge in [-0.2, -0.15) is 0 Å². The quantitative estimate of drug-likeness (QED) is 0.216. The van der Waals surface area contributed by atoms with E-state index in [9.17, 15) is 15.3 Å². The van der Waals surface area contributed by atoms with Crippen LogP contribution in [0.5, 0.6) is 0 Å². The molecule has 0 aromatic carbocycles. The van der Waals surface area contributed by atoms with Crippen LogP contribution >= 0.6 is 7.36 Å². The van der Waals surface area contributed by atoms with Crippen LogP contribution in [0.1, 0.15) is 25.7 Å². The number of ether oxygens (including phenoxy) is 9. The van der Waals surface area contributed by atoms with Crippen LogP contribution in [0.4, 0.5) is 0 Å². The average Bonchev–Trinajstić information content (AvgIpc) is 3.84. The molecule has 0 amide bonds. The second-order valence-electron chi connectivity index (χ2n) is 10.6. The summed E-state index contributed by atoms with van der Waals surface area (Å²) >= 11 is 4.37. The lowest BCUT2D eigenvalue weighted by atomic mass is 10.0. The molecule has 7 saturated heterocycles. The van der Waals surface area contributed by atoms with Gasteiger partial charge < -0.3 is 68.2 Å². The number of aliphatic hydroxyl groups is 5. The molecule has 0 radical (unpaired) electrons. The minimum Gasteiger partial charge on any atom is -0.501 e. The highest BCUT2D eigenvalue weighted by molar-refractivity contribution is 7.96. The average molecular weight is 659 g/mol. The summed E-state index contributed by atoms with van der Waals surface area (Å²) in [7, 11) is 1.00. The van der Waals surface area contributed by atoms with Crippen molar-refractivity contribution in [2.45, 2.75) is 75.4 Å². The van der Waals surface area contributed by atoms with E-state index in [1.165, 1.54) is 0 Å². The van der Waals surface area contributed by atoms with Crippen molar-refractivity contribution in [3.63, 3.8) is 0 Å². The summed E-state index contributed by atoms with van der Waals surface area (Å²) in [5.41, 5.74) is 0. The highest BCUT2D eigenvalue weighted by Crippen LogP contribution is 2.32. The van der Waals surface area contributed by atoms with Gasteiger partial charge in [0.1, 0.15) is 13.2 Å². The van der Waals surface area contributed by atoms with E-state index in [0.717, 1.165) is 59.5 Å². The maximum Gasteiger partial charge on any atom is 0.178 e. The number of fused-ring (bicyclic) bond motifs is 3. The molecule has 3 unspecified atom stereocenters. The molecule has 11 atom stereocenters. The van der Waals surface area contributed by atoms with Gasteiger partial charge >= 0.3 is 0 Å². The largest absolute Gasteiger partial charge is 0.501 e. The fraction of sp³-hybridized carbons (Fsp3) is 0.926. The second-order valence-corrected chi connectivity index (χ2v) is 12.0. The summed E-state index contributed by atoms with van der Waals surface area (Å²) in [4.78, 5) is 0. The summed E-state index contributed by atoms with van der Waals surface area (Å²) in [6.45, 7) is 6.50. The first-order valence-corrected chi connectivity index (χ1v) is 17.0. The van der Waals surface area contributed by atoms with Crippen LogP contribution in [0.15, 0.2) is 12.3 Å². The Labute approximate surface area is 258 Å². The summed E-state index contributed by atoms with van der Waals surface area (Å²) in [6.07, 6.45) is 4.84. The van der Waals surface area contributed by atoms with E-state index < -0.39 is 12.6 Å². The third kappa shape index (κ3) is 12.7. The molecule has 16 heteroatoms. The minimum absolute atomic E-state index is 0.0567. The molecule has 0 saturated carbocycles. The topological polar surface area (TPSA) is 184 Å². The van der Waals surface area contributed by atoms with E-state index in [-0.39, 0.29) is 68.1 Å². The zero-order valence-electron chi connectivity index (χ0n) is 24.5. The van der Waals surface area contributed by atoms with Gasteiger partial charge in [0.05, 0.1) is 70.8 Å². The first-order chi connectivity index (χ1) is 20.8. The molecule has 8 rings (SSSR count). The Morgan fingerprint density at radius 3 is 1.16 bits per heavy atom. The van der Waals surface area contributed by atoms with Crippen molar-refractivity contribution in [3.05, 3.63) is 12.3 Å². The van der Waals surface area contributed by atoms with E-state index in [4.69, 9.17) is 43.4 Å². The molecule has 0 aromatic rings. The van der Waals surface area contributed by atoms with Crippen molar-refractivity contribution in [2.24, 2.45) is 17.8 Å². The third-order valence-corrected chi connectivity index (χ3v) is 7.48. The van der Waals surface area contributed by atoms with Crippen molar-refractivity contribution in [1.29, 1.82) is 0 Å². The minimum atomic E-state index is -0.863. The number of hydrogen-bond acceptors (Lipinski definition) is 15. The molecule has 43 heavy (non-hydrogen) atoms. The van der Waals surface area contributed by atoms with E-state index in [2.05, 4.69) is 21.3 Å². The van der Waals surface area contributed by atoms with Crippen LogP contribution in [-0.4, -0.2) is 141 Å². The summed E-state index contributed by atoms with van der Waals surface area (Å²) in [5.74, 6) is 0.764. The zero-order chi connectivity index (χ0) is 31.0. The number of hydrogen-bond donors (Lipinski definition) is 5. The maximum absolute atomic E-state index is 9.19. The monoisotopic (exact) mass is 658 g/mol.